The van der Waals surface area contributed by atoms with Crippen LogP contribution in [0.3, 0.4) is 0 Å². The van der Waals surface area contributed by atoms with Crippen molar-refractivity contribution >= 4 is 5.97 Å². The SMILES string of the molecule is CCOC(=O)C(CC)c1cc(OC2CCC3(CC2)OCCO3)nc(C(F)(F)F)n1. The van der Waals surface area contributed by atoms with Crippen LogP contribution in [0.2, 0.25) is 0 Å². The van der Waals surface area contributed by atoms with Crippen molar-refractivity contribution in [1.82, 2.24) is 9.97 Å². The van der Waals surface area contributed by atoms with Crippen molar-refractivity contribution in [2.75, 3.05) is 19.8 Å². The van der Waals surface area contributed by atoms with Crippen molar-refractivity contribution in [3.8, 4) is 5.88 Å². The molecule has 10 heteroatoms. The standard InChI is InChI=1S/C19H25F3N2O5/c1-3-13(16(25)26-4-2)14-11-15(24-17(23-14)19(20,21)22)29-12-5-7-18(8-6-12)27-9-10-28-18/h11-13H,3-10H2,1-2H3. The zero-order valence-electron chi connectivity index (χ0n) is 16.5. The highest BCUT2D eigenvalue weighted by molar-refractivity contribution is 5.77. The molecule has 29 heavy (non-hydrogen) atoms. The van der Waals surface area contributed by atoms with Crippen LogP contribution in [0.5, 0.6) is 5.88 Å². The van der Waals surface area contributed by atoms with Crippen molar-refractivity contribution in [3.63, 3.8) is 0 Å². The Hall–Kier alpha value is -1.94. The molecular formula is C19H25F3N2O5. The average molecular weight is 418 g/mol. The molecule has 2 aliphatic rings. The van der Waals surface area contributed by atoms with Crippen LogP contribution in [0.4, 0.5) is 13.2 Å². The van der Waals surface area contributed by atoms with E-state index in [1.807, 2.05) is 0 Å². The van der Waals surface area contributed by atoms with Crippen LogP contribution in [0.25, 0.3) is 0 Å². The highest BCUT2D eigenvalue weighted by atomic mass is 19.4. The summed E-state index contributed by atoms with van der Waals surface area (Å²) in [5.41, 5.74) is -0.0574. The van der Waals surface area contributed by atoms with Gasteiger partial charge in [-0.1, -0.05) is 6.92 Å². The van der Waals surface area contributed by atoms with E-state index in [-0.39, 0.29) is 30.7 Å². The predicted octanol–water partition coefficient (Wildman–Crippen LogP) is 3.62. The molecule has 0 bridgehead atoms. The van der Waals surface area contributed by atoms with Crippen LogP contribution in [0, 0.1) is 0 Å². The van der Waals surface area contributed by atoms with E-state index in [4.69, 9.17) is 18.9 Å². The third-order valence-corrected chi connectivity index (χ3v) is 5.11. The summed E-state index contributed by atoms with van der Waals surface area (Å²) in [7, 11) is 0. The zero-order valence-corrected chi connectivity index (χ0v) is 16.5. The number of aromatic nitrogens is 2. The molecule has 3 rings (SSSR count). The van der Waals surface area contributed by atoms with E-state index in [0.29, 0.717) is 38.9 Å². The number of hydrogen-bond donors (Lipinski definition) is 0. The summed E-state index contributed by atoms with van der Waals surface area (Å²) >= 11 is 0. The molecule has 1 aliphatic heterocycles. The van der Waals surface area contributed by atoms with Gasteiger partial charge in [0.25, 0.3) is 0 Å². The van der Waals surface area contributed by atoms with Crippen molar-refractivity contribution in [3.05, 3.63) is 17.6 Å². The van der Waals surface area contributed by atoms with Gasteiger partial charge in [-0.3, -0.25) is 4.79 Å². The van der Waals surface area contributed by atoms with Crippen LogP contribution >= 0.6 is 0 Å². The van der Waals surface area contributed by atoms with Gasteiger partial charge in [-0.2, -0.15) is 18.2 Å². The van der Waals surface area contributed by atoms with Crippen molar-refractivity contribution < 1.29 is 36.9 Å². The normalized spacial score (nSPS) is 20.6. The fourth-order valence-corrected chi connectivity index (χ4v) is 3.65. The fourth-order valence-electron chi connectivity index (χ4n) is 3.65. The topological polar surface area (TPSA) is 79.8 Å². The molecule has 0 radical (unpaired) electrons. The number of hydrogen-bond acceptors (Lipinski definition) is 7. The second kappa shape index (κ2) is 8.83. The second-order valence-corrected chi connectivity index (χ2v) is 7.09. The van der Waals surface area contributed by atoms with E-state index in [2.05, 4.69) is 9.97 Å². The first kappa shape index (κ1) is 21.8. The van der Waals surface area contributed by atoms with Crippen LogP contribution < -0.4 is 4.74 Å². The fraction of sp³-hybridized carbons (Fsp3) is 0.737. The van der Waals surface area contributed by atoms with Crippen molar-refractivity contribution in [1.29, 1.82) is 0 Å². The summed E-state index contributed by atoms with van der Waals surface area (Å²) in [5.74, 6) is -3.66. The molecule has 1 atom stereocenters. The summed E-state index contributed by atoms with van der Waals surface area (Å²) in [6.07, 6.45) is -2.51. The molecule has 1 aromatic heterocycles. The summed E-state index contributed by atoms with van der Waals surface area (Å²) in [6.45, 7) is 4.53. The first-order chi connectivity index (χ1) is 13.8. The molecule has 0 N–H and O–H groups in total. The lowest BCUT2D eigenvalue weighted by molar-refractivity contribution is -0.186. The van der Waals surface area contributed by atoms with Crippen LogP contribution in [0.1, 0.15) is 63.4 Å². The molecule has 1 spiro atoms. The van der Waals surface area contributed by atoms with Gasteiger partial charge in [-0.05, 0) is 26.2 Å². The molecular weight excluding hydrogens is 393 g/mol. The van der Waals surface area contributed by atoms with Gasteiger partial charge in [0.05, 0.1) is 31.4 Å². The van der Waals surface area contributed by atoms with E-state index < -0.39 is 29.7 Å². The Morgan fingerprint density at radius 3 is 2.45 bits per heavy atom. The van der Waals surface area contributed by atoms with Gasteiger partial charge in [0, 0.05) is 18.9 Å². The smallest absolute Gasteiger partial charge is 0.451 e. The minimum atomic E-state index is -4.76. The lowest BCUT2D eigenvalue weighted by Crippen LogP contribution is -2.38. The molecule has 0 amide bonds. The quantitative estimate of drug-likeness (QED) is 0.653. The van der Waals surface area contributed by atoms with E-state index >= 15 is 0 Å². The molecule has 2 heterocycles. The molecule has 1 unspecified atom stereocenters. The number of carbonyl (C=O) groups is 1. The summed E-state index contributed by atoms with van der Waals surface area (Å²) in [5, 5.41) is 0. The zero-order chi connectivity index (χ0) is 21.1. The van der Waals surface area contributed by atoms with E-state index in [1.165, 1.54) is 6.07 Å². The van der Waals surface area contributed by atoms with Gasteiger partial charge >= 0.3 is 12.1 Å². The second-order valence-electron chi connectivity index (χ2n) is 7.09. The maximum atomic E-state index is 13.3. The molecule has 1 saturated heterocycles. The maximum Gasteiger partial charge on any atom is 0.451 e. The highest BCUT2D eigenvalue weighted by Gasteiger charge is 2.41. The van der Waals surface area contributed by atoms with Gasteiger partial charge < -0.3 is 18.9 Å². The van der Waals surface area contributed by atoms with E-state index in [0.717, 1.165) is 0 Å². The van der Waals surface area contributed by atoms with E-state index in [1.54, 1.807) is 13.8 Å². The number of rotatable bonds is 6. The summed E-state index contributed by atoms with van der Waals surface area (Å²) in [4.78, 5) is 19.3. The number of alkyl halides is 3. The summed E-state index contributed by atoms with van der Waals surface area (Å²) in [6, 6.07) is 1.30. The van der Waals surface area contributed by atoms with Gasteiger partial charge in [-0.25, -0.2) is 4.98 Å². The Morgan fingerprint density at radius 1 is 1.24 bits per heavy atom. The third-order valence-electron chi connectivity index (χ3n) is 5.11. The Balaban J connectivity index is 1.79. The third kappa shape index (κ3) is 5.16. The highest BCUT2D eigenvalue weighted by Crippen LogP contribution is 2.37. The minimum Gasteiger partial charge on any atom is -0.474 e. The van der Waals surface area contributed by atoms with E-state index in [9.17, 15) is 18.0 Å². The van der Waals surface area contributed by atoms with Crippen molar-refractivity contribution in [2.45, 2.75) is 69.9 Å². The van der Waals surface area contributed by atoms with Gasteiger partial charge in [0.2, 0.25) is 11.7 Å². The van der Waals surface area contributed by atoms with Gasteiger partial charge in [0.1, 0.15) is 6.10 Å². The summed E-state index contributed by atoms with van der Waals surface area (Å²) < 4.78 is 62.0. The molecule has 0 aromatic carbocycles. The molecule has 7 nitrogen and oxygen atoms in total. The molecule has 162 valence electrons. The lowest BCUT2D eigenvalue weighted by atomic mass is 9.92. The largest absolute Gasteiger partial charge is 0.474 e. The number of halogens is 3. The van der Waals surface area contributed by atoms with Crippen LogP contribution in [-0.4, -0.2) is 47.6 Å². The Morgan fingerprint density at radius 2 is 1.90 bits per heavy atom. The van der Waals surface area contributed by atoms with Crippen LogP contribution in [0.15, 0.2) is 6.07 Å². The molecule has 1 saturated carbocycles. The minimum absolute atomic E-state index is 0.0574. The van der Waals surface area contributed by atoms with Gasteiger partial charge in [-0.15, -0.1) is 0 Å². The number of carbonyl (C=O) groups excluding carboxylic acids is 1. The first-order valence-corrected chi connectivity index (χ1v) is 9.83. The Bertz CT molecular complexity index is 712. The average Bonchev–Trinajstić information content (AvgIpc) is 3.12. The molecule has 1 aliphatic carbocycles. The maximum absolute atomic E-state index is 13.3. The number of ether oxygens (including phenoxy) is 4. The molecule has 2 fully saturated rings. The predicted molar refractivity (Wildman–Crippen MR) is 94.2 cm³/mol. The number of esters is 1. The van der Waals surface area contributed by atoms with Crippen molar-refractivity contribution in [2.24, 2.45) is 0 Å². The first-order valence-electron chi connectivity index (χ1n) is 9.83. The Labute approximate surface area is 166 Å². The Kier molecular flexibility index (Phi) is 6.62. The monoisotopic (exact) mass is 418 g/mol. The molecule has 1 aromatic rings. The lowest BCUT2D eigenvalue weighted by Gasteiger charge is -2.35. The van der Waals surface area contributed by atoms with Gasteiger partial charge in [0.15, 0.2) is 5.79 Å². The number of nitrogens with zero attached hydrogens (tertiary/aromatic N) is 2. The van der Waals surface area contributed by atoms with Crippen LogP contribution in [-0.2, 0) is 25.2 Å².